The number of hydrogen-bond acceptors (Lipinski definition) is 3. The van der Waals surface area contributed by atoms with Crippen LogP contribution in [0.2, 0.25) is 0 Å². The summed E-state index contributed by atoms with van der Waals surface area (Å²) in [6.07, 6.45) is 0. The van der Waals surface area contributed by atoms with E-state index in [-0.39, 0.29) is 5.91 Å². The van der Waals surface area contributed by atoms with Crippen molar-refractivity contribution in [3.05, 3.63) is 58.7 Å². The molecule has 2 heterocycles. The molecule has 1 aromatic carbocycles. The molecule has 4 nitrogen and oxygen atoms in total. The van der Waals surface area contributed by atoms with E-state index < -0.39 is 0 Å². The number of hydrogen-bond donors (Lipinski definition) is 2. The summed E-state index contributed by atoms with van der Waals surface area (Å²) in [4.78, 5) is 13.6. The lowest BCUT2D eigenvalue weighted by molar-refractivity contribution is 0.102. The highest BCUT2D eigenvalue weighted by Gasteiger charge is 2.16. The van der Waals surface area contributed by atoms with Crippen molar-refractivity contribution in [3.8, 4) is 10.4 Å². The molecule has 0 atom stereocenters. The number of amides is 1. The van der Waals surface area contributed by atoms with Crippen LogP contribution in [0.25, 0.3) is 10.4 Å². The van der Waals surface area contributed by atoms with Crippen LogP contribution in [0.4, 0.5) is 5.69 Å². The van der Waals surface area contributed by atoms with Crippen LogP contribution in [-0.4, -0.2) is 16.1 Å². The molecule has 3 aromatic rings. The molecule has 0 fully saturated rings. The Morgan fingerprint density at radius 2 is 2.00 bits per heavy atom. The van der Waals surface area contributed by atoms with E-state index in [1.165, 1.54) is 0 Å². The van der Waals surface area contributed by atoms with E-state index in [0.29, 0.717) is 11.3 Å². The topological polar surface area (TPSA) is 57.8 Å². The van der Waals surface area contributed by atoms with Gasteiger partial charge in [0.25, 0.3) is 5.91 Å². The molecule has 2 N–H and O–H groups in total. The molecule has 2 aromatic heterocycles. The van der Waals surface area contributed by atoms with Crippen molar-refractivity contribution in [3.63, 3.8) is 0 Å². The summed E-state index contributed by atoms with van der Waals surface area (Å²) < 4.78 is 0. The van der Waals surface area contributed by atoms with Gasteiger partial charge in [-0.1, -0.05) is 24.3 Å². The van der Waals surface area contributed by atoms with Crippen molar-refractivity contribution in [1.82, 2.24) is 10.2 Å². The number of aromatic amines is 1. The quantitative estimate of drug-likeness (QED) is 0.767. The Hall–Kier alpha value is -2.40. The minimum absolute atomic E-state index is 0.136. The first-order chi connectivity index (χ1) is 10.2. The third kappa shape index (κ3) is 2.60. The number of nitrogens with zero attached hydrogens (tertiary/aromatic N) is 1. The number of carbonyl (C=O) groups is 1. The molecule has 0 aliphatic rings. The van der Waals surface area contributed by atoms with Crippen LogP contribution in [0.5, 0.6) is 0 Å². The van der Waals surface area contributed by atoms with Crippen LogP contribution in [0.3, 0.4) is 0 Å². The number of rotatable bonds is 3. The summed E-state index contributed by atoms with van der Waals surface area (Å²) >= 11 is 1.65. The van der Waals surface area contributed by atoms with Crippen LogP contribution >= 0.6 is 11.3 Å². The molecule has 0 aliphatic heterocycles. The Morgan fingerprint density at radius 3 is 2.67 bits per heavy atom. The highest BCUT2D eigenvalue weighted by atomic mass is 32.1. The van der Waals surface area contributed by atoms with Gasteiger partial charge in [0.05, 0.1) is 11.3 Å². The standard InChI is InChI=1S/C16H15N3OS/c1-10-15(11(2)19-18-10)16(20)17-13-7-4-3-6-12(13)14-8-5-9-21-14/h3-9H,1-2H3,(H,17,20)(H,18,19). The van der Waals surface area contributed by atoms with E-state index in [1.54, 1.807) is 11.3 Å². The lowest BCUT2D eigenvalue weighted by atomic mass is 10.1. The zero-order valence-electron chi connectivity index (χ0n) is 11.8. The first-order valence-corrected chi connectivity index (χ1v) is 7.50. The Labute approximate surface area is 126 Å². The maximum atomic E-state index is 12.5. The lowest BCUT2D eigenvalue weighted by Gasteiger charge is -2.10. The highest BCUT2D eigenvalue weighted by Crippen LogP contribution is 2.31. The smallest absolute Gasteiger partial charge is 0.259 e. The fourth-order valence-corrected chi connectivity index (χ4v) is 3.07. The minimum atomic E-state index is -0.136. The lowest BCUT2D eigenvalue weighted by Crippen LogP contribution is -2.14. The average molecular weight is 297 g/mol. The van der Waals surface area contributed by atoms with Crippen molar-refractivity contribution in [1.29, 1.82) is 0 Å². The van der Waals surface area contributed by atoms with Gasteiger partial charge in [0.1, 0.15) is 0 Å². The molecule has 0 aliphatic carbocycles. The van der Waals surface area contributed by atoms with Crippen molar-refractivity contribution in [2.75, 3.05) is 5.32 Å². The van der Waals surface area contributed by atoms with E-state index in [1.807, 2.05) is 55.6 Å². The first-order valence-electron chi connectivity index (χ1n) is 6.62. The Kier molecular flexibility index (Phi) is 3.58. The van der Waals surface area contributed by atoms with Gasteiger partial charge in [-0.05, 0) is 31.4 Å². The maximum absolute atomic E-state index is 12.5. The largest absolute Gasteiger partial charge is 0.321 e. The van der Waals surface area contributed by atoms with Gasteiger partial charge in [-0.25, -0.2) is 0 Å². The number of H-pyrrole nitrogens is 1. The number of aryl methyl sites for hydroxylation is 2. The number of thiophene rings is 1. The predicted molar refractivity (Wildman–Crippen MR) is 85.8 cm³/mol. The molecule has 0 spiro atoms. The zero-order valence-corrected chi connectivity index (χ0v) is 12.6. The molecule has 3 rings (SSSR count). The summed E-state index contributed by atoms with van der Waals surface area (Å²) in [6.45, 7) is 3.67. The van der Waals surface area contributed by atoms with Crippen molar-refractivity contribution in [2.24, 2.45) is 0 Å². The molecule has 1 amide bonds. The second-order valence-corrected chi connectivity index (χ2v) is 5.73. The average Bonchev–Trinajstić information content (AvgIpc) is 3.10. The van der Waals surface area contributed by atoms with Gasteiger partial charge < -0.3 is 5.32 Å². The number of anilines is 1. The van der Waals surface area contributed by atoms with E-state index in [2.05, 4.69) is 15.5 Å². The highest BCUT2D eigenvalue weighted by molar-refractivity contribution is 7.13. The number of carbonyl (C=O) groups excluding carboxylic acids is 1. The third-order valence-corrected chi connectivity index (χ3v) is 4.22. The van der Waals surface area contributed by atoms with E-state index in [0.717, 1.165) is 21.8 Å². The second-order valence-electron chi connectivity index (χ2n) is 4.79. The molecule has 0 radical (unpaired) electrons. The molecule has 0 bridgehead atoms. The Bertz CT molecular complexity index is 755. The van der Waals surface area contributed by atoms with Gasteiger partial charge in [-0.15, -0.1) is 11.3 Å². The molecule has 21 heavy (non-hydrogen) atoms. The van der Waals surface area contributed by atoms with E-state index in [9.17, 15) is 4.79 Å². The van der Waals surface area contributed by atoms with Gasteiger partial charge in [0.2, 0.25) is 0 Å². The van der Waals surface area contributed by atoms with Crippen LogP contribution in [0.15, 0.2) is 41.8 Å². The number of nitrogens with one attached hydrogen (secondary N) is 2. The summed E-state index contributed by atoms with van der Waals surface area (Å²) in [5.41, 5.74) is 3.93. The monoisotopic (exact) mass is 297 g/mol. The van der Waals surface area contributed by atoms with Crippen molar-refractivity contribution < 1.29 is 4.79 Å². The van der Waals surface area contributed by atoms with E-state index in [4.69, 9.17) is 0 Å². The number of benzene rings is 1. The van der Waals surface area contributed by atoms with Gasteiger partial charge in [-0.3, -0.25) is 9.89 Å². The van der Waals surface area contributed by atoms with Gasteiger partial charge >= 0.3 is 0 Å². The number of aromatic nitrogens is 2. The summed E-state index contributed by atoms with van der Waals surface area (Å²) in [5.74, 6) is -0.136. The van der Waals surface area contributed by atoms with Crippen LogP contribution in [-0.2, 0) is 0 Å². The molecule has 106 valence electrons. The molecular formula is C16H15N3OS. The van der Waals surface area contributed by atoms with Crippen LogP contribution in [0, 0.1) is 13.8 Å². The normalized spacial score (nSPS) is 10.6. The van der Waals surface area contributed by atoms with Gasteiger partial charge in [0.15, 0.2) is 0 Å². The third-order valence-electron chi connectivity index (χ3n) is 3.32. The Balaban J connectivity index is 1.94. The zero-order chi connectivity index (χ0) is 14.8. The SMILES string of the molecule is Cc1n[nH]c(C)c1C(=O)Nc1ccccc1-c1cccs1. The molecule has 0 unspecified atom stereocenters. The summed E-state index contributed by atoms with van der Waals surface area (Å²) in [7, 11) is 0. The first kappa shape index (κ1) is 13.6. The van der Waals surface area contributed by atoms with Crippen molar-refractivity contribution in [2.45, 2.75) is 13.8 Å². The van der Waals surface area contributed by atoms with Crippen LogP contribution in [0.1, 0.15) is 21.7 Å². The number of para-hydroxylation sites is 1. The molecule has 0 saturated heterocycles. The molecular weight excluding hydrogens is 282 g/mol. The fraction of sp³-hybridized carbons (Fsp3) is 0.125. The molecule has 5 heteroatoms. The summed E-state index contributed by atoms with van der Waals surface area (Å²) in [5, 5.41) is 11.9. The summed E-state index contributed by atoms with van der Waals surface area (Å²) in [6, 6.07) is 11.9. The Morgan fingerprint density at radius 1 is 1.19 bits per heavy atom. The fourth-order valence-electron chi connectivity index (χ4n) is 2.31. The second kappa shape index (κ2) is 5.54. The van der Waals surface area contributed by atoms with Gasteiger partial charge in [0, 0.05) is 21.8 Å². The predicted octanol–water partition coefficient (Wildman–Crippen LogP) is 4.01. The maximum Gasteiger partial charge on any atom is 0.259 e. The molecule has 0 saturated carbocycles. The van der Waals surface area contributed by atoms with E-state index >= 15 is 0 Å². The van der Waals surface area contributed by atoms with Crippen molar-refractivity contribution >= 4 is 22.9 Å². The van der Waals surface area contributed by atoms with Gasteiger partial charge in [-0.2, -0.15) is 5.10 Å². The minimum Gasteiger partial charge on any atom is -0.321 e. The van der Waals surface area contributed by atoms with Crippen LogP contribution < -0.4 is 5.32 Å².